The number of methoxy groups -OCH3 is 1. The summed E-state index contributed by atoms with van der Waals surface area (Å²) in [7, 11) is 1.68. The summed E-state index contributed by atoms with van der Waals surface area (Å²) in [5.74, 6) is 2.05. The minimum absolute atomic E-state index is 0.195. The molecular weight excluding hydrogens is 304 g/mol. The maximum Gasteiger partial charge on any atom is 0.240 e. The van der Waals surface area contributed by atoms with Crippen LogP contribution in [0.1, 0.15) is 38.0 Å². The summed E-state index contributed by atoms with van der Waals surface area (Å²) in [4.78, 5) is 6.67. The van der Waals surface area contributed by atoms with E-state index in [4.69, 9.17) is 15.0 Å². The zero-order valence-electron chi connectivity index (χ0n) is 15.1. The highest BCUT2D eigenvalue weighted by Crippen LogP contribution is 2.18. The Kier molecular flexibility index (Phi) is 6.34. The first kappa shape index (κ1) is 18.4. The van der Waals surface area contributed by atoms with E-state index in [1.807, 2.05) is 12.1 Å². The van der Waals surface area contributed by atoms with E-state index in [0.29, 0.717) is 18.3 Å². The van der Waals surface area contributed by atoms with Gasteiger partial charge in [-0.15, -0.1) is 0 Å². The van der Waals surface area contributed by atoms with E-state index < -0.39 is 0 Å². The van der Waals surface area contributed by atoms with E-state index >= 15 is 0 Å². The number of hydrogen-bond acceptors (Lipinski definition) is 6. The molecule has 0 aliphatic heterocycles. The van der Waals surface area contributed by atoms with Crippen molar-refractivity contribution >= 4 is 0 Å². The predicted molar refractivity (Wildman–Crippen MR) is 93.6 cm³/mol. The number of ether oxygens (including phenoxy) is 1. The molecule has 0 atom stereocenters. The Hall–Kier alpha value is -1.92. The SMILES string of the molecule is COc1ccc(CCN(Cc2noc(CN)n2)CC(C)(C)C)cc1. The fraction of sp³-hybridized carbons (Fsp3) is 0.556. The standard InChI is InChI=1S/C18H28N4O2/c1-18(2,3)13-22(12-16-20-17(11-19)24-21-16)10-9-14-5-7-15(23-4)8-6-14/h5-8H,9-13,19H2,1-4H3. The Morgan fingerprint density at radius 1 is 1.21 bits per heavy atom. The van der Waals surface area contributed by atoms with Crippen molar-refractivity contribution in [3.8, 4) is 5.75 Å². The van der Waals surface area contributed by atoms with E-state index in [2.05, 4.69) is 47.9 Å². The molecule has 0 saturated heterocycles. The monoisotopic (exact) mass is 332 g/mol. The van der Waals surface area contributed by atoms with Crippen LogP contribution in [0.4, 0.5) is 0 Å². The number of hydrogen-bond donors (Lipinski definition) is 1. The van der Waals surface area contributed by atoms with Crippen LogP contribution in [-0.4, -0.2) is 35.2 Å². The van der Waals surface area contributed by atoms with Gasteiger partial charge in [0.25, 0.3) is 0 Å². The molecule has 1 aromatic carbocycles. The fourth-order valence-corrected chi connectivity index (χ4v) is 2.60. The topological polar surface area (TPSA) is 77.4 Å². The van der Waals surface area contributed by atoms with Crippen LogP contribution >= 0.6 is 0 Å². The number of benzene rings is 1. The van der Waals surface area contributed by atoms with E-state index in [9.17, 15) is 0 Å². The second kappa shape index (κ2) is 8.26. The Labute approximate surface area is 144 Å². The smallest absolute Gasteiger partial charge is 0.240 e. The molecule has 2 N–H and O–H groups in total. The molecule has 0 radical (unpaired) electrons. The maximum atomic E-state index is 5.53. The molecule has 0 amide bonds. The molecule has 0 spiro atoms. The Morgan fingerprint density at radius 2 is 1.92 bits per heavy atom. The first-order chi connectivity index (χ1) is 11.4. The molecule has 1 aromatic heterocycles. The molecule has 6 nitrogen and oxygen atoms in total. The zero-order chi connectivity index (χ0) is 17.6. The molecule has 0 fully saturated rings. The lowest BCUT2D eigenvalue weighted by molar-refractivity contribution is 0.180. The highest BCUT2D eigenvalue weighted by atomic mass is 16.5. The number of rotatable bonds is 8. The van der Waals surface area contributed by atoms with Crippen LogP contribution < -0.4 is 10.5 Å². The van der Waals surface area contributed by atoms with Crippen molar-refractivity contribution in [3.63, 3.8) is 0 Å². The molecule has 1 heterocycles. The average Bonchev–Trinajstić information content (AvgIpc) is 2.99. The molecular formula is C18H28N4O2. The summed E-state index contributed by atoms with van der Waals surface area (Å²) in [6, 6.07) is 8.20. The Balaban J connectivity index is 1.99. The van der Waals surface area contributed by atoms with Gasteiger partial charge in [0.15, 0.2) is 5.82 Å². The van der Waals surface area contributed by atoms with Crippen molar-refractivity contribution < 1.29 is 9.26 Å². The van der Waals surface area contributed by atoms with Crippen molar-refractivity contribution in [2.24, 2.45) is 11.1 Å². The summed E-state index contributed by atoms with van der Waals surface area (Å²) in [6.07, 6.45) is 0.960. The molecule has 0 bridgehead atoms. The quantitative estimate of drug-likeness (QED) is 0.801. The predicted octanol–water partition coefficient (Wildman–Crippen LogP) is 2.63. The molecule has 0 aliphatic rings. The van der Waals surface area contributed by atoms with Gasteiger partial charge in [-0.2, -0.15) is 4.98 Å². The van der Waals surface area contributed by atoms with Gasteiger partial charge in [-0.25, -0.2) is 0 Å². The molecule has 2 rings (SSSR count). The van der Waals surface area contributed by atoms with Crippen molar-refractivity contribution in [1.82, 2.24) is 15.0 Å². The minimum atomic E-state index is 0.195. The maximum absolute atomic E-state index is 5.53. The summed E-state index contributed by atoms with van der Waals surface area (Å²) in [5, 5.41) is 4.01. The summed E-state index contributed by atoms with van der Waals surface area (Å²) in [5.41, 5.74) is 7.01. The lowest BCUT2D eigenvalue weighted by atomic mass is 9.96. The van der Waals surface area contributed by atoms with Crippen molar-refractivity contribution in [2.45, 2.75) is 40.3 Å². The molecule has 0 aliphatic carbocycles. The number of nitrogens with two attached hydrogens (primary N) is 1. The van der Waals surface area contributed by atoms with Crippen LogP contribution in [0.25, 0.3) is 0 Å². The van der Waals surface area contributed by atoms with Crippen molar-refractivity contribution in [2.75, 3.05) is 20.2 Å². The fourth-order valence-electron chi connectivity index (χ4n) is 2.60. The highest BCUT2D eigenvalue weighted by Gasteiger charge is 2.18. The van der Waals surface area contributed by atoms with Crippen LogP contribution in [-0.2, 0) is 19.5 Å². The normalized spacial score (nSPS) is 11.9. The molecule has 132 valence electrons. The first-order valence-corrected chi connectivity index (χ1v) is 8.26. The first-order valence-electron chi connectivity index (χ1n) is 8.26. The number of nitrogens with zero attached hydrogens (tertiary/aromatic N) is 3. The van der Waals surface area contributed by atoms with Crippen LogP contribution in [0.3, 0.4) is 0 Å². The summed E-state index contributed by atoms with van der Waals surface area (Å²) in [6.45, 7) is 9.51. The second-order valence-electron chi connectivity index (χ2n) is 7.18. The Bertz CT molecular complexity index is 617. The largest absolute Gasteiger partial charge is 0.497 e. The third kappa shape index (κ3) is 5.94. The van der Waals surface area contributed by atoms with Gasteiger partial charge in [-0.3, -0.25) is 4.90 Å². The van der Waals surface area contributed by atoms with Gasteiger partial charge >= 0.3 is 0 Å². The third-order valence-corrected chi connectivity index (χ3v) is 3.62. The van der Waals surface area contributed by atoms with E-state index in [-0.39, 0.29) is 12.0 Å². The minimum Gasteiger partial charge on any atom is -0.497 e. The van der Waals surface area contributed by atoms with Gasteiger partial charge in [-0.05, 0) is 29.5 Å². The van der Waals surface area contributed by atoms with Crippen molar-refractivity contribution in [3.05, 3.63) is 41.5 Å². The van der Waals surface area contributed by atoms with Gasteiger partial charge in [-0.1, -0.05) is 38.1 Å². The van der Waals surface area contributed by atoms with Crippen LogP contribution in [0.2, 0.25) is 0 Å². The third-order valence-electron chi connectivity index (χ3n) is 3.62. The molecule has 24 heavy (non-hydrogen) atoms. The van der Waals surface area contributed by atoms with E-state index in [1.54, 1.807) is 7.11 Å². The van der Waals surface area contributed by atoms with Crippen LogP contribution in [0, 0.1) is 5.41 Å². The van der Waals surface area contributed by atoms with Crippen LogP contribution in [0.15, 0.2) is 28.8 Å². The second-order valence-corrected chi connectivity index (χ2v) is 7.18. The van der Waals surface area contributed by atoms with Gasteiger partial charge in [0.05, 0.1) is 20.2 Å². The Morgan fingerprint density at radius 3 is 2.46 bits per heavy atom. The number of aromatic nitrogens is 2. The summed E-state index contributed by atoms with van der Waals surface area (Å²) >= 11 is 0. The molecule has 0 saturated carbocycles. The lowest BCUT2D eigenvalue weighted by Crippen LogP contribution is -2.34. The average molecular weight is 332 g/mol. The lowest BCUT2D eigenvalue weighted by Gasteiger charge is -2.29. The van der Waals surface area contributed by atoms with Crippen LogP contribution in [0.5, 0.6) is 5.75 Å². The van der Waals surface area contributed by atoms with Gasteiger partial charge < -0.3 is 15.0 Å². The summed E-state index contributed by atoms with van der Waals surface area (Å²) < 4.78 is 10.3. The van der Waals surface area contributed by atoms with E-state index in [1.165, 1.54) is 5.56 Å². The molecule has 2 aromatic rings. The van der Waals surface area contributed by atoms with Gasteiger partial charge in [0.1, 0.15) is 5.75 Å². The van der Waals surface area contributed by atoms with Gasteiger partial charge in [0, 0.05) is 13.1 Å². The van der Waals surface area contributed by atoms with Gasteiger partial charge in [0.2, 0.25) is 5.89 Å². The zero-order valence-corrected chi connectivity index (χ0v) is 15.1. The molecule has 6 heteroatoms. The molecule has 0 unspecified atom stereocenters. The van der Waals surface area contributed by atoms with E-state index in [0.717, 1.165) is 25.3 Å². The highest BCUT2D eigenvalue weighted by molar-refractivity contribution is 5.27. The van der Waals surface area contributed by atoms with Crippen molar-refractivity contribution in [1.29, 1.82) is 0 Å².